The molecule has 0 radical (unpaired) electrons. The van der Waals surface area contributed by atoms with E-state index in [0.29, 0.717) is 44.5 Å². The molecule has 0 aliphatic carbocycles. The van der Waals surface area contributed by atoms with Gasteiger partial charge in [-0.2, -0.15) is 13.2 Å². The zero-order chi connectivity index (χ0) is 17.6. The molecule has 1 unspecified atom stereocenters. The van der Waals surface area contributed by atoms with Crippen molar-refractivity contribution in [1.29, 1.82) is 0 Å². The van der Waals surface area contributed by atoms with Gasteiger partial charge in [0.25, 0.3) is 0 Å². The molecule has 2 rings (SSSR count). The lowest BCUT2D eigenvalue weighted by atomic mass is 9.99. The number of benzene rings is 1. The molecule has 1 fully saturated rings. The van der Waals surface area contributed by atoms with Gasteiger partial charge in [0.05, 0.1) is 18.8 Å². The van der Waals surface area contributed by atoms with Crippen molar-refractivity contribution in [3.05, 3.63) is 35.4 Å². The van der Waals surface area contributed by atoms with Crippen LogP contribution < -0.4 is 0 Å². The molecular weight excluding hydrogens is 321 g/mol. The average molecular weight is 344 g/mol. The molecule has 3 nitrogen and oxygen atoms in total. The second kappa shape index (κ2) is 8.01. The molecule has 1 atom stereocenters. The van der Waals surface area contributed by atoms with Gasteiger partial charge in [0.1, 0.15) is 0 Å². The number of carbonyl (C=O) groups excluding carboxylic acids is 1. The number of ether oxygens (including phenoxy) is 2. The fraction of sp³-hybridized carbons (Fsp3) is 0.611. The van der Waals surface area contributed by atoms with Crippen LogP contribution in [0, 0.1) is 0 Å². The van der Waals surface area contributed by atoms with Gasteiger partial charge in [0, 0.05) is 0 Å². The van der Waals surface area contributed by atoms with Crippen LogP contribution in [0.2, 0.25) is 0 Å². The molecule has 24 heavy (non-hydrogen) atoms. The van der Waals surface area contributed by atoms with Crippen LogP contribution in [0.5, 0.6) is 0 Å². The highest BCUT2D eigenvalue weighted by Gasteiger charge is 2.53. The second-order valence-corrected chi connectivity index (χ2v) is 6.18. The molecule has 0 spiro atoms. The first-order valence-electron chi connectivity index (χ1n) is 8.35. The molecule has 0 bridgehead atoms. The van der Waals surface area contributed by atoms with E-state index >= 15 is 0 Å². The van der Waals surface area contributed by atoms with Gasteiger partial charge in [-0.05, 0) is 43.7 Å². The summed E-state index contributed by atoms with van der Waals surface area (Å²) >= 11 is 0. The number of rotatable bonds is 9. The van der Waals surface area contributed by atoms with Crippen LogP contribution in [-0.2, 0) is 26.9 Å². The van der Waals surface area contributed by atoms with E-state index in [9.17, 15) is 18.0 Å². The Balaban J connectivity index is 1.74. The minimum atomic E-state index is -4.32. The quantitative estimate of drug-likeness (QED) is 0.375. The third-order valence-corrected chi connectivity index (χ3v) is 4.15. The van der Waals surface area contributed by atoms with E-state index in [1.54, 1.807) is 6.07 Å². The van der Waals surface area contributed by atoms with Crippen LogP contribution in [-0.4, -0.2) is 24.8 Å². The highest BCUT2D eigenvalue weighted by molar-refractivity contribution is 5.82. The number of hydrogen-bond acceptors (Lipinski definition) is 3. The summed E-state index contributed by atoms with van der Waals surface area (Å²) in [5.74, 6) is -0.310. The van der Waals surface area contributed by atoms with Crippen molar-refractivity contribution in [3.8, 4) is 0 Å². The smallest absolute Gasteiger partial charge is 0.416 e. The Labute approximate surface area is 140 Å². The Bertz CT molecular complexity index is 551. The maximum atomic E-state index is 12.7. The highest BCUT2D eigenvalue weighted by atomic mass is 19.4. The maximum absolute atomic E-state index is 12.7. The third kappa shape index (κ3) is 5.23. The lowest BCUT2D eigenvalue weighted by Crippen LogP contribution is -2.27. The molecule has 0 N–H and O–H groups in total. The summed E-state index contributed by atoms with van der Waals surface area (Å²) in [4.78, 5) is 11.9. The second-order valence-electron chi connectivity index (χ2n) is 6.18. The summed E-state index contributed by atoms with van der Waals surface area (Å²) in [5.41, 5.74) is -0.774. The van der Waals surface area contributed by atoms with Crippen molar-refractivity contribution in [1.82, 2.24) is 0 Å². The number of halogens is 3. The van der Waals surface area contributed by atoms with Crippen molar-refractivity contribution in [3.63, 3.8) is 0 Å². The topological polar surface area (TPSA) is 38.8 Å². The van der Waals surface area contributed by atoms with Gasteiger partial charge >= 0.3 is 12.1 Å². The Morgan fingerprint density at radius 3 is 2.67 bits per heavy atom. The lowest BCUT2D eigenvalue weighted by molar-refractivity contribution is -0.150. The standard InChI is InChI=1S/C18H23F3O3/c1-2-3-11-23-16(22)17(13-24-17)10-5-4-7-14-8-6-9-15(12-14)18(19,20)21/h6,8-9,12H,2-5,7,10-11,13H2,1H3. The Morgan fingerprint density at radius 2 is 2.04 bits per heavy atom. The van der Waals surface area contributed by atoms with Gasteiger partial charge in [0.2, 0.25) is 0 Å². The molecule has 1 aromatic rings. The van der Waals surface area contributed by atoms with Gasteiger partial charge < -0.3 is 9.47 Å². The molecule has 6 heteroatoms. The monoisotopic (exact) mass is 344 g/mol. The van der Waals surface area contributed by atoms with Crippen LogP contribution in [0.4, 0.5) is 13.2 Å². The third-order valence-electron chi connectivity index (χ3n) is 4.15. The number of unbranched alkanes of at least 4 members (excludes halogenated alkanes) is 2. The van der Waals surface area contributed by atoms with E-state index in [2.05, 4.69) is 0 Å². The number of carbonyl (C=O) groups is 1. The van der Waals surface area contributed by atoms with Crippen LogP contribution in [0.25, 0.3) is 0 Å². The largest absolute Gasteiger partial charge is 0.463 e. The van der Waals surface area contributed by atoms with E-state index in [1.165, 1.54) is 12.1 Å². The molecule has 1 aliphatic heterocycles. The number of hydrogen-bond donors (Lipinski definition) is 0. The van der Waals surface area contributed by atoms with Gasteiger partial charge in [0.15, 0.2) is 5.60 Å². The molecular formula is C18H23F3O3. The van der Waals surface area contributed by atoms with Crippen molar-refractivity contribution < 1.29 is 27.4 Å². The van der Waals surface area contributed by atoms with Crippen LogP contribution >= 0.6 is 0 Å². The Kier molecular flexibility index (Phi) is 6.27. The summed E-state index contributed by atoms with van der Waals surface area (Å²) in [6.07, 6.45) is -0.0186. The highest BCUT2D eigenvalue weighted by Crippen LogP contribution is 2.35. The van der Waals surface area contributed by atoms with Crippen molar-refractivity contribution in [2.45, 2.75) is 57.2 Å². The van der Waals surface area contributed by atoms with E-state index in [4.69, 9.17) is 9.47 Å². The summed E-state index contributed by atoms with van der Waals surface area (Å²) in [5, 5.41) is 0. The summed E-state index contributed by atoms with van der Waals surface area (Å²) < 4.78 is 48.5. The van der Waals surface area contributed by atoms with Gasteiger partial charge in [-0.3, -0.25) is 0 Å². The van der Waals surface area contributed by atoms with Crippen molar-refractivity contribution in [2.75, 3.05) is 13.2 Å². The lowest BCUT2D eigenvalue weighted by Gasteiger charge is -2.12. The first-order valence-corrected chi connectivity index (χ1v) is 8.35. The minimum absolute atomic E-state index is 0.310. The van der Waals surface area contributed by atoms with E-state index in [0.717, 1.165) is 18.9 Å². The zero-order valence-corrected chi connectivity index (χ0v) is 13.8. The first-order chi connectivity index (χ1) is 11.4. The molecule has 1 aromatic carbocycles. The number of epoxide rings is 1. The molecule has 1 saturated heterocycles. The zero-order valence-electron chi connectivity index (χ0n) is 13.8. The van der Waals surface area contributed by atoms with Gasteiger partial charge in [-0.15, -0.1) is 0 Å². The predicted octanol–water partition coefficient (Wildman–Crippen LogP) is 4.53. The first kappa shape index (κ1) is 18.8. The molecule has 1 heterocycles. The van der Waals surface area contributed by atoms with Crippen LogP contribution in [0.3, 0.4) is 0 Å². The number of esters is 1. The van der Waals surface area contributed by atoms with E-state index in [1.807, 2.05) is 6.92 Å². The number of aryl methyl sites for hydroxylation is 1. The van der Waals surface area contributed by atoms with E-state index in [-0.39, 0.29) is 5.97 Å². The predicted molar refractivity (Wildman–Crippen MR) is 83.5 cm³/mol. The van der Waals surface area contributed by atoms with Gasteiger partial charge in [-0.25, -0.2) is 4.79 Å². The van der Waals surface area contributed by atoms with Crippen molar-refractivity contribution in [2.24, 2.45) is 0 Å². The Hall–Kier alpha value is -1.56. The fourth-order valence-corrected chi connectivity index (χ4v) is 2.53. The SMILES string of the molecule is CCCCOC(=O)C1(CCCCc2cccc(C(F)(F)F)c2)CO1. The van der Waals surface area contributed by atoms with E-state index < -0.39 is 17.3 Å². The molecule has 0 aromatic heterocycles. The maximum Gasteiger partial charge on any atom is 0.416 e. The molecule has 1 aliphatic rings. The molecule has 0 amide bonds. The molecule has 0 saturated carbocycles. The summed E-state index contributed by atoms with van der Waals surface area (Å²) in [7, 11) is 0. The normalized spacial score (nSPS) is 20.0. The van der Waals surface area contributed by atoms with Gasteiger partial charge in [-0.1, -0.05) is 31.5 Å². The van der Waals surface area contributed by atoms with Crippen LogP contribution in [0.15, 0.2) is 24.3 Å². The number of alkyl halides is 3. The van der Waals surface area contributed by atoms with Crippen molar-refractivity contribution >= 4 is 5.97 Å². The Morgan fingerprint density at radius 1 is 1.29 bits per heavy atom. The van der Waals surface area contributed by atoms with Crippen LogP contribution in [0.1, 0.15) is 50.2 Å². The minimum Gasteiger partial charge on any atom is -0.463 e. The summed E-state index contributed by atoms with van der Waals surface area (Å²) in [6.45, 7) is 2.80. The molecule has 134 valence electrons. The summed E-state index contributed by atoms with van der Waals surface area (Å²) in [6, 6.07) is 5.37. The average Bonchev–Trinajstić information content (AvgIpc) is 3.32. The fourth-order valence-electron chi connectivity index (χ4n) is 2.53.